The Labute approximate surface area is 120 Å². The first kappa shape index (κ1) is 14.6. The van der Waals surface area contributed by atoms with Gasteiger partial charge < -0.3 is 10.5 Å². The second-order valence-electron chi connectivity index (χ2n) is 5.70. The molecule has 1 unspecified atom stereocenters. The Balaban J connectivity index is 2.16. The van der Waals surface area contributed by atoms with E-state index in [1.54, 1.807) is 7.11 Å². The SMILES string of the molecule is COc1ccc(C(C)(N)Cc2ccn(C(C)C)n2)cc1. The molecule has 0 saturated carbocycles. The van der Waals surface area contributed by atoms with E-state index in [-0.39, 0.29) is 0 Å². The summed E-state index contributed by atoms with van der Waals surface area (Å²) in [5.74, 6) is 0.841. The lowest BCUT2D eigenvalue weighted by Crippen LogP contribution is -2.35. The predicted octanol–water partition coefficient (Wildman–Crippen LogP) is 2.89. The number of aromatic nitrogens is 2. The van der Waals surface area contributed by atoms with Crippen LogP contribution in [-0.2, 0) is 12.0 Å². The molecule has 0 saturated heterocycles. The van der Waals surface area contributed by atoms with E-state index in [9.17, 15) is 0 Å². The molecule has 1 atom stereocenters. The van der Waals surface area contributed by atoms with E-state index in [0.29, 0.717) is 12.5 Å². The van der Waals surface area contributed by atoms with Gasteiger partial charge in [0.25, 0.3) is 0 Å². The van der Waals surface area contributed by atoms with Crippen LogP contribution in [0.5, 0.6) is 5.75 Å². The number of hydrogen-bond donors (Lipinski definition) is 1. The molecule has 1 heterocycles. The highest BCUT2D eigenvalue weighted by atomic mass is 16.5. The molecule has 20 heavy (non-hydrogen) atoms. The number of nitrogens with two attached hydrogens (primary N) is 1. The van der Waals surface area contributed by atoms with Gasteiger partial charge in [-0.3, -0.25) is 4.68 Å². The van der Waals surface area contributed by atoms with Gasteiger partial charge in [0.15, 0.2) is 0 Å². The monoisotopic (exact) mass is 273 g/mol. The summed E-state index contributed by atoms with van der Waals surface area (Å²) < 4.78 is 7.13. The van der Waals surface area contributed by atoms with Gasteiger partial charge >= 0.3 is 0 Å². The van der Waals surface area contributed by atoms with Crippen LogP contribution in [0.2, 0.25) is 0 Å². The molecule has 2 aromatic rings. The molecule has 2 rings (SSSR count). The summed E-state index contributed by atoms with van der Waals surface area (Å²) in [6.45, 7) is 6.26. The van der Waals surface area contributed by atoms with Gasteiger partial charge in [0.1, 0.15) is 5.75 Å². The molecule has 0 aliphatic carbocycles. The molecular weight excluding hydrogens is 250 g/mol. The molecule has 0 aliphatic heterocycles. The fraction of sp³-hybridized carbons (Fsp3) is 0.438. The maximum atomic E-state index is 6.46. The van der Waals surface area contributed by atoms with Gasteiger partial charge in [-0.25, -0.2) is 0 Å². The van der Waals surface area contributed by atoms with Crippen molar-refractivity contribution < 1.29 is 4.74 Å². The highest BCUT2D eigenvalue weighted by Gasteiger charge is 2.23. The molecule has 1 aromatic heterocycles. The predicted molar refractivity (Wildman–Crippen MR) is 80.8 cm³/mol. The fourth-order valence-electron chi connectivity index (χ4n) is 2.21. The minimum Gasteiger partial charge on any atom is -0.497 e. The number of hydrogen-bond acceptors (Lipinski definition) is 3. The zero-order valence-corrected chi connectivity index (χ0v) is 12.6. The summed E-state index contributed by atoms with van der Waals surface area (Å²) in [7, 11) is 1.66. The summed E-state index contributed by atoms with van der Waals surface area (Å²) in [6, 6.07) is 10.3. The Kier molecular flexibility index (Phi) is 4.14. The van der Waals surface area contributed by atoms with Crippen LogP contribution in [0.1, 0.15) is 38.1 Å². The molecule has 0 spiro atoms. The van der Waals surface area contributed by atoms with Crippen LogP contribution >= 0.6 is 0 Å². The van der Waals surface area contributed by atoms with E-state index in [2.05, 4.69) is 18.9 Å². The van der Waals surface area contributed by atoms with Gasteiger partial charge in [0, 0.05) is 24.2 Å². The number of methoxy groups -OCH3 is 1. The molecular formula is C16H23N3O. The Bertz CT molecular complexity index is 555. The lowest BCUT2D eigenvalue weighted by Gasteiger charge is -2.24. The average Bonchev–Trinajstić information content (AvgIpc) is 2.87. The lowest BCUT2D eigenvalue weighted by atomic mass is 9.88. The van der Waals surface area contributed by atoms with Gasteiger partial charge in [0.2, 0.25) is 0 Å². The summed E-state index contributed by atoms with van der Waals surface area (Å²) in [5.41, 5.74) is 8.11. The van der Waals surface area contributed by atoms with E-state index in [0.717, 1.165) is 17.0 Å². The van der Waals surface area contributed by atoms with E-state index in [1.807, 2.05) is 48.1 Å². The van der Waals surface area contributed by atoms with E-state index >= 15 is 0 Å². The molecule has 0 bridgehead atoms. The lowest BCUT2D eigenvalue weighted by molar-refractivity contribution is 0.413. The van der Waals surface area contributed by atoms with Crippen molar-refractivity contribution in [2.75, 3.05) is 7.11 Å². The van der Waals surface area contributed by atoms with Crippen LogP contribution in [0.3, 0.4) is 0 Å². The highest BCUT2D eigenvalue weighted by Crippen LogP contribution is 2.24. The number of nitrogens with zero attached hydrogens (tertiary/aromatic N) is 2. The maximum Gasteiger partial charge on any atom is 0.118 e. The van der Waals surface area contributed by atoms with Crippen LogP contribution in [-0.4, -0.2) is 16.9 Å². The van der Waals surface area contributed by atoms with Gasteiger partial charge in [-0.1, -0.05) is 12.1 Å². The Hall–Kier alpha value is -1.81. The van der Waals surface area contributed by atoms with Gasteiger partial charge in [-0.15, -0.1) is 0 Å². The normalized spacial score (nSPS) is 14.3. The minimum absolute atomic E-state index is 0.369. The van der Waals surface area contributed by atoms with Crippen molar-refractivity contribution in [1.29, 1.82) is 0 Å². The Morgan fingerprint density at radius 2 is 1.90 bits per heavy atom. The smallest absolute Gasteiger partial charge is 0.118 e. The third-order valence-corrected chi connectivity index (χ3v) is 3.49. The Morgan fingerprint density at radius 3 is 2.40 bits per heavy atom. The van der Waals surface area contributed by atoms with Crippen molar-refractivity contribution in [3.8, 4) is 5.75 Å². The molecule has 0 fully saturated rings. The van der Waals surface area contributed by atoms with E-state index in [4.69, 9.17) is 10.5 Å². The van der Waals surface area contributed by atoms with E-state index < -0.39 is 5.54 Å². The van der Waals surface area contributed by atoms with Crippen molar-refractivity contribution in [3.63, 3.8) is 0 Å². The summed E-state index contributed by atoms with van der Waals surface area (Å²) in [6.07, 6.45) is 2.71. The molecule has 2 N–H and O–H groups in total. The van der Waals surface area contributed by atoms with Crippen LogP contribution in [0.15, 0.2) is 36.5 Å². The van der Waals surface area contributed by atoms with Gasteiger partial charge in [0.05, 0.1) is 12.8 Å². The number of rotatable bonds is 5. The zero-order chi connectivity index (χ0) is 14.8. The molecule has 0 aliphatic rings. The van der Waals surface area contributed by atoms with Crippen molar-refractivity contribution in [2.24, 2.45) is 5.73 Å². The molecule has 4 nitrogen and oxygen atoms in total. The quantitative estimate of drug-likeness (QED) is 0.911. The standard InChI is InChI=1S/C16H23N3O/c1-12(2)19-10-9-14(18-19)11-16(3,17)13-5-7-15(20-4)8-6-13/h5-10,12H,11,17H2,1-4H3. The third kappa shape index (κ3) is 3.20. The van der Waals surface area contributed by atoms with Crippen molar-refractivity contribution in [1.82, 2.24) is 9.78 Å². The minimum atomic E-state index is -0.442. The molecule has 0 amide bonds. The largest absolute Gasteiger partial charge is 0.497 e. The molecule has 0 radical (unpaired) electrons. The summed E-state index contributed by atoms with van der Waals surface area (Å²) in [4.78, 5) is 0. The highest BCUT2D eigenvalue weighted by molar-refractivity contribution is 5.32. The second-order valence-corrected chi connectivity index (χ2v) is 5.70. The Morgan fingerprint density at radius 1 is 1.25 bits per heavy atom. The average molecular weight is 273 g/mol. The third-order valence-electron chi connectivity index (χ3n) is 3.49. The van der Waals surface area contributed by atoms with Crippen LogP contribution in [0.25, 0.3) is 0 Å². The first-order valence-electron chi connectivity index (χ1n) is 6.90. The molecule has 1 aromatic carbocycles. The zero-order valence-electron chi connectivity index (χ0n) is 12.6. The first-order valence-corrected chi connectivity index (χ1v) is 6.90. The van der Waals surface area contributed by atoms with Gasteiger partial charge in [-0.05, 0) is 44.5 Å². The first-order chi connectivity index (χ1) is 9.42. The van der Waals surface area contributed by atoms with E-state index in [1.165, 1.54) is 0 Å². The maximum absolute atomic E-state index is 6.46. The van der Waals surface area contributed by atoms with Gasteiger partial charge in [-0.2, -0.15) is 5.10 Å². The van der Waals surface area contributed by atoms with Crippen molar-refractivity contribution >= 4 is 0 Å². The van der Waals surface area contributed by atoms with Crippen LogP contribution < -0.4 is 10.5 Å². The molecule has 4 heteroatoms. The van der Waals surface area contributed by atoms with Crippen LogP contribution in [0, 0.1) is 0 Å². The number of benzene rings is 1. The molecule has 108 valence electrons. The topological polar surface area (TPSA) is 53.1 Å². The second kappa shape index (κ2) is 5.67. The number of ether oxygens (including phenoxy) is 1. The summed E-state index contributed by atoms with van der Waals surface area (Å²) in [5, 5.41) is 4.57. The fourth-order valence-corrected chi connectivity index (χ4v) is 2.21. The van der Waals surface area contributed by atoms with Crippen molar-refractivity contribution in [2.45, 2.75) is 38.8 Å². The summed E-state index contributed by atoms with van der Waals surface area (Å²) >= 11 is 0. The van der Waals surface area contributed by atoms with Crippen LogP contribution in [0.4, 0.5) is 0 Å². The van der Waals surface area contributed by atoms with Crippen molar-refractivity contribution in [3.05, 3.63) is 47.8 Å².